The molecule has 0 aromatic heterocycles. The topological polar surface area (TPSA) is 59.3 Å². The van der Waals surface area contributed by atoms with Gasteiger partial charge in [-0.3, -0.25) is 4.79 Å². The fourth-order valence-corrected chi connectivity index (χ4v) is 1.99. The maximum absolute atomic E-state index is 12.2. The van der Waals surface area contributed by atoms with E-state index >= 15 is 0 Å². The number of halogens is 3. The van der Waals surface area contributed by atoms with Crippen molar-refractivity contribution < 1.29 is 23.0 Å². The lowest BCUT2D eigenvalue weighted by atomic mass is 10.1. The first kappa shape index (κ1) is 15.6. The highest BCUT2D eigenvalue weighted by Gasteiger charge is 2.15. The Balaban J connectivity index is 3.07. The molecular formula is C12H10F2INO3. The average Bonchev–Trinajstić information content (AvgIpc) is 2.32. The van der Waals surface area contributed by atoms with Gasteiger partial charge in [-0.25, -0.2) is 0 Å². The Labute approximate surface area is 122 Å². The molecule has 0 bridgehead atoms. The summed E-state index contributed by atoms with van der Waals surface area (Å²) in [5.41, 5.74) is 0.538. The summed E-state index contributed by atoms with van der Waals surface area (Å²) in [5, 5.41) is 8.96. The molecule has 0 N–H and O–H groups in total. The molecule has 0 heterocycles. The number of benzene rings is 1. The van der Waals surface area contributed by atoms with Crippen molar-refractivity contribution in [2.75, 3.05) is 6.61 Å². The van der Waals surface area contributed by atoms with Crippen LogP contribution in [0.1, 0.15) is 18.1 Å². The number of alkyl halides is 2. The molecule has 102 valence electrons. The largest absolute Gasteiger partial charge is 0.466 e. The quantitative estimate of drug-likeness (QED) is 0.582. The number of rotatable bonds is 5. The first-order valence-corrected chi connectivity index (χ1v) is 6.38. The third-order valence-corrected chi connectivity index (χ3v) is 2.98. The molecule has 0 fully saturated rings. The van der Waals surface area contributed by atoms with Gasteiger partial charge in [0.2, 0.25) is 0 Å². The first-order valence-electron chi connectivity index (χ1n) is 5.30. The van der Waals surface area contributed by atoms with Gasteiger partial charge in [0.25, 0.3) is 0 Å². The second-order valence-electron chi connectivity index (χ2n) is 3.41. The number of carbonyl (C=O) groups excluding carboxylic acids is 1. The lowest BCUT2D eigenvalue weighted by Gasteiger charge is -2.10. The van der Waals surface area contributed by atoms with E-state index in [0.29, 0.717) is 9.13 Å². The zero-order chi connectivity index (χ0) is 14.4. The van der Waals surface area contributed by atoms with Crippen molar-refractivity contribution >= 4 is 28.6 Å². The zero-order valence-electron chi connectivity index (χ0n) is 9.95. The van der Waals surface area contributed by atoms with Gasteiger partial charge in [-0.15, -0.1) is 0 Å². The fraction of sp³-hybridized carbons (Fsp3) is 0.333. The molecule has 19 heavy (non-hydrogen) atoms. The van der Waals surface area contributed by atoms with E-state index in [1.54, 1.807) is 29.5 Å². The standard InChI is InChI=1S/C12H10F2INO3/c1-2-18-11(17)5-7-4-10(19-12(13)14)9(15)3-8(7)6-16/h3-4,12H,2,5H2,1H3. The molecule has 0 spiro atoms. The number of nitriles is 1. The highest BCUT2D eigenvalue weighted by atomic mass is 127. The maximum atomic E-state index is 12.2. The molecule has 4 nitrogen and oxygen atoms in total. The van der Waals surface area contributed by atoms with Gasteiger partial charge in [0.05, 0.1) is 28.2 Å². The SMILES string of the molecule is CCOC(=O)Cc1cc(OC(F)F)c(I)cc1C#N. The van der Waals surface area contributed by atoms with E-state index in [-0.39, 0.29) is 24.3 Å². The van der Waals surface area contributed by atoms with Crippen molar-refractivity contribution in [1.82, 2.24) is 0 Å². The van der Waals surface area contributed by atoms with E-state index in [1.165, 1.54) is 12.1 Å². The van der Waals surface area contributed by atoms with E-state index in [0.717, 1.165) is 0 Å². The second kappa shape index (κ2) is 7.23. The highest BCUT2D eigenvalue weighted by molar-refractivity contribution is 14.1. The van der Waals surface area contributed by atoms with Gasteiger partial charge in [0, 0.05) is 0 Å². The number of nitrogens with zero attached hydrogens (tertiary/aromatic N) is 1. The van der Waals surface area contributed by atoms with E-state index in [9.17, 15) is 13.6 Å². The van der Waals surface area contributed by atoms with Gasteiger partial charge in [0.15, 0.2) is 0 Å². The van der Waals surface area contributed by atoms with Gasteiger partial charge >= 0.3 is 12.6 Å². The summed E-state index contributed by atoms with van der Waals surface area (Å²) >= 11 is 1.78. The molecule has 7 heteroatoms. The molecule has 0 saturated heterocycles. The summed E-state index contributed by atoms with van der Waals surface area (Å²) < 4.78 is 33.9. The molecule has 0 aliphatic heterocycles. The van der Waals surface area contributed by atoms with Crippen molar-refractivity contribution in [2.24, 2.45) is 0 Å². The minimum absolute atomic E-state index is 0.0612. The number of carbonyl (C=O) groups is 1. The Hall–Kier alpha value is -1.43. The molecule has 0 amide bonds. The van der Waals surface area contributed by atoms with Crippen LogP contribution in [0.4, 0.5) is 8.78 Å². The summed E-state index contributed by atoms with van der Waals surface area (Å²) in [4.78, 5) is 11.4. The monoisotopic (exact) mass is 381 g/mol. The van der Waals surface area contributed by atoms with E-state index in [2.05, 4.69) is 4.74 Å². The molecule has 0 aliphatic rings. The molecular weight excluding hydrogens is 371 g/mol. The minimum Gasteiger partial charge on any atom is -0.466 e. The highest BCUT2D eigenvalue weighted by Crippen LogP contribution is 2.27. The van der Waals surface area contributed by atoms with Gasteiger partial charge in [-0.05, 0) is 47.2 Å². The maximum Gasteiger partial charge on any atom is 0.387 e. The van der Waals surface area contributed by atoms with E-state index in [4.69, 9.17) is 10.00 Å². The molecule has 0 atom stereocenters. The third-order valence-electron chi connectivity index (χ3n) is 2.13. The molecule has 0 unspecified atom stereocenters. The van der Waals surface area contributed by atoms with Crippen LogP contribution < -0.4 is 4.74 Å². The molecule has 0 saturated carbocycles. The number of esters is 1. The first-order chi connectivity index (χ1) is 8.97. The van der Waals surface area contributed by atoms with E-state index in [1.807, 2.05) is 6.07 Å². The van der Waals surface area contributed by atoms with E-state index < -0.39 is 12.6 Å². The number of hydrogen-bond donors (Lipinski definition) is 0. The average molecular weight is 381 g/mol. The Morgan fingerprint density at radius 3 is 2.74 bits per heavy atom. The lowest BCUT2D eigenvalue weighted by molar-refractivity contribution is -0.142. The summed E-state index contributed by atoms with van der Waals surface area (Å²) in [6.07, 6.45) is -0.159. The van der Waals surface area contributed by atoms with Crippen LogP contribution in [0.15, 0.2) is 12.1 Å². The summed E-state index contributed by atoms with van der Waals surface area (Å²) in [7, 11) is 0. The fourth-order valence-electron chi connectivity index (χ4n) is 1.40. The van der Waals surface area contributed by atoms with Crippen molar-refractivity contribution in [3.05, 3.63) is 26.8 Å². The normalized spacial score (nSPS) is 10.1. The van der Waals surface area contributed by atoms with Gasteiger partial charge < -0.3 is 9.47 Å². The molecule has 0 aliphatic carbocycles. The van der Waals surface area contributed by atoms with Crippen molar-refractivity contribution in [3.8, 4) is 11.8 Å². The Morgan fingerprint density at radius 1 is 1.53 bits per heavy atom. The second-order valence-corrected chi connectivity index (χ2v) is 4.57. The lowest BCUT2D eigenvalue weighted by Crippen LogP contribution is -2.10. The van der Waals surface area contributed by atoms with Gasteiger partial charge in [0.1, 0.15) is 5.75 Å². The van der Waals surface area contributed by atoms with Crippen molar-refractivity contribution in [1.29, 1.82) is 5.26 Å². The van der Waals surface area contributed by atoms with Crippen LogP contribution in [0, 0.1) is 14.9 Å². The van der Waals surface area contributed by atoms with Crippen LogP contribution in [-0.2, 0) is 16.0 Å². The minimum atomic E-state index is -2.96. The summed E-state index contributed by atoms with van der Waals surface area (Å²) in [6, 6.07) is 4.57. The molecule has 1 rings (SSSR count). The number of hydrogen-bond acceptors (Lipinski definition) is 4. The molecule has 0 radical (unpaired) electrons. The summed E-state index contributed by atoms with van der Waals surface area (Å²) in [6.45, 7) is -1.09. The predicted octanol–water partition coefficient (Wildman–Crippen LogP) is 2.87. The van der Waals surface area contributed by atoms with Crippen LogP contribution in [0.25, 0.3) is 0 Å². The molecule has 1 aromatic carbocycles. The van der Waals surface area contributed by atoms with Crippen molar-refractivity contribution in [2.45, 2.75) is 20.0 Å². The van der Waals surface area contributed by atoms with Gasteiger partial charge in [-0.2, -0.15) is 14.0 Å². The predicted molar refractivity (Wildman–Crippen MR) is 70.8 cm³/mol. The van der Waals surface area contributed by atoms with Crippen LogP contribution in [0.3, 0.4) is 0 Å². The smallest absolute Gasteiger partial charge is 0.387 e. The van der Waals surface area contributed by atoms with Crippen LogP contribution >= 0.6 is 22.6 Å². The van der Waals surface area contributed by atoms with Gasteiger partial charge in [-0.1, -0.05) is 0 Å². The Morgan fingerprint density at radius 2 is 2.21 bits per heavy atom. The van der Waals surface area contributed by atoms with Crippen LogP contribution in [0.5, 0.6) is 5.75 Å². The van der Waals surface area contributed by atoms with Crippen LogP contribution in [-0.4, -0.2) is 19.2 Å². The van der Waals surface area contributed by atoms with Crippen molar-refractivity contribution in [3.63, 3.8) is 0 Å². The number of ether oxygens (including phenoxy) is 2. The Bertz CT molecular complexity index is 514. The van der Waals surface area contributed by atoms with Crippen LogP contribution in [0.2, 0.25) is 0 Å². The third kappa shape index (κ3) is 4.63. The molecule has 1 aromatic rings. The zero-order valence-corrected chi connectivity index (χ0v) is 12.1. The Kier molecular flexibility index (Phi) is 5.95. The summed E-state index contributed by atoms with van der Waals surface area (Å²) in [5.74, 6) is -0.586.